The van der Waals surface area contributed by atoms with Crippen molar-refractivity contribution in [1.82, 2.24) is 0 Å². The van der Waals surface area contributed by atoms with Gasteiger partial charge >= 0.3 is 0 Å². The van der Waals surface area contributed by atoms with Gasteiger partial charge in [0.1, 0.15) is 0 Å². The zero-order valence-corrected chi connectivity index (χ0v) is 81.8. The van der Waals surface area contributed by atoms with Crippen LogP contribution in [-0.4, -0.2) is 0 Å². The highest BCUT2D eigenvalue weighted by Crippen LogP contribution is 2.45. The summed E-state index contributed by atoms with van der Waals surface area (Å²) in [6.07, 6.45) is 18.5. The number of aryl methyl sites for hydroxylation is 13. The van der Waals surface area contributed by atoms with E-state index < -0.39 is 0 Å². The molecule has 0 radical (unpaired) electrons. The van der Waals surface area contributed by atoms with Crippen molar-refractivity contribution in [3.05, 3.63) is 523 Å². The van der Waals surface area contributed by atoms with Gasteiger partial charge in [0, 0.05) is 68.2 Å². The summed E-state index contributed by atoms with van der Waals surface area (Å²) in [5.74, 6) is 0.463. The molecule has 0 aromatic heterocycles. The van der Waals surface area contributed by atoms with E-state index in [0.29, 0.717) is 5.92 Å². The number of nitrogens with zero attached hydrogens (tertiary/aromatic N) is 4. The Kier molecular flexibility index (Phi) is 28.9. The van der Waals surface area contributed by atoms with E-state index in [9.17, 15) is 0 Å². The zero-order chi connectivity index (χ0) is 95.2. The number of benzene rings is 18. The van der Waals surface area contributed by atoms with E-state index in [4.69, 9.17) is 0 Å². The van der Waals surface area contributed by atoms with Crippen LogP contribution in [0.15, 0.2) is 400 Å². The topological polar surface area (TPSA) is 13.0 Å². The molecule has 0 saturated heterocycles. The molecular formula is C133H122N4. The molecule has 18 rings (SSSR count). The minimum atomic E-state index is 0.463. The van der Waals surface area contributed by atoms with Gasteiger partial charge in [-0.25, -0.2) is 0 Å². The van der Waals surface area contributed by atoms with Crippen LogP contribution in [0.5, 0.6) is 0 Å². The van der Waals surface area contributed by atoms with Crippen LogP contribution >= 0.6 is 0 Å². The van der Waals surface area contributed by atoms with Crippen molar-refractivity contribution in [2.75, 3.05) is 19.6 Å². The maximum absolute atomic E-state index is 2.40. The van der Waals surface area contributed by atoms with Gasteiger partial charge in [-0.3, -0.25) is 0 Å². The van der Waals surface area contributed by atoms with Crippen LogP contribution in [0.1, 0.15) is 149 Å². The van der Waals surface area contributed by atoms with Crippen molar-refractivity contribution in [3.63, 3.8) is 0 Å². The Morgan fingerprint density at radius 3 is 0.796 bits per heavy atom. The van der Waals surface area contributed by atoms with E-state index >= 15 is 0 Å². The van der Waals surface area contributed by atoms with Crippen molar-refractivity contribution in [3.8, 4) is 44.5 Å². The fourth-order valence-corrected chi connectivity index (χ4v) is 18.4. The average Bonchev–Trinajstić information content (AvgIpc) is 0.792. The zero-order valence-electron chi connectivity index (χ0n) is 81.8. The summed E-state index contributed by atoms with van der Waals surface area (Å²) in [4.78, 5) is 9.51. The Bertz CT molecular complexity index is 7340. The summed E-state index contributed by atoms with van der Waals surface area (Å²) < 4.78 is 0. The van der Waals surface area contributed by atoms with Gasteiger partial charge in [0.15, 0.2) is 0 Å². The smallest absolute Gasteiger partial charge is 0.0493 e. The molecular weight excluding hydrogens is 1650 g/mol. The molecule has 0 bridgehead atoms. The first-order valence-corrected chi connectivity index (χ1v) is 48.1. The summed E-state index contributed by atoms with van der Waals surface area (Å²) in [7, 11) is 0. The lowest BCUT2D eigenvalue weighted by atomic mass is 9.98. The third-order valence-corrected chi connectivity index (χ3v) is 26.2. The molecule has 137 heavy (non-hydrogen) atoms. The molecule has 4 heteroatoms. The molecule has 674 valence electrons. The molecule has 0 atom stereocenters. The molecule has 0 aliphatic rings. The second-order valence-corrected chi connectivity index (χ2v) is 37.2. The lowest BCUT2D eigenvalue weighted by Crippen LogP contribution is -2.12. The number of rotatable bonds is 26. The summed E-state index contributed by atoms with van der Waals surface area (Å²) in [6, 6.07) is 147. The largest absolute Gasteiger partial charge is 0.310 e. The Labute approximate surface area is 814 Å². The highest BCUT2D eigenvalue weighted by molar-refractivity contribution is 5.88. The second kappa shape index (κ2) is 42.6. The molecule has 0 saturated carbocycles. The Hall–Kier alpha value is -15.9. The lowest BCUT2D eigenvalue weighted by Gasteiger charge is -2.28. The monoisotopic (exact) mass is 1770 g/mol. The predicted molar refractivity (Wildman–Crippen MR) is 595 cm³/mol. The standard InChI is InChI=1S/C69H66N2.C64H56N2/c1-10-57-44-49(5)12-39-69(57)71(65-33-17-54(18-34-65)14-15-56-42-50(6)41-51(7)43-56)67-37-28-61(29-38-67)59-24-22-58(23-25-59)60-26-35-66(36-27-60)70(68-40-30-62(47(2)3)46-53(68)9)64-31-19-55(20-32-64)16-21-63-45-48(4)11-13-52(63)8;1-45-11-15-51(16-12-45)17-18-52-20-33-59(34-21-52)65(63-41-13-46(2)43-49(63)5)61-37-29-57(30-38-61)55-25-27-56(28-26-55)58-31-39-62(40-32-58)66(64-42-14-47(3)44-50(64)6)60-35-22-53(23-36-60)19-24-54-10-8-7-9-48(54)4/h11-47H,10H2,1-9H3;7-44H,1-6H3/b15-14+,21-16+;18-17+,24-19+. The first-order valence-electron chi connectivity index (χ1n) is 48.1. The second-order valence-electron chi connectivity index (χ2n) is 37.2. The van der Waals surface area contributed by atoms with Crippen LogP contribution in [0, 0.1) is 83.1 Å². The van der Waals surface area contributed by atoms with Gasteiger partial charge in [-0.2, -0.15) is 0 Å². The van der Waals surface area contributed by atoms with Crippen molar-refractivity contribution in [1.29, 1.82) is 0 Å². The summed E-state index contributed by atoms with van der Waals surface area (Å²) >= 11 is 0. The van der Waals surface area contributed by atoms with E-state index in [1.165, 1.54) is 184 Å². The van der Waals surface area contributed by atoms with E-state index in [1.54, 1.807) is 0 Å². The number of hydrogen-bond donors (Lipinski definition) is 0. The van der Waals surface area contributed by atoms with E-state index in [0.717, 1.165) is 57.5 Å². The first-order chi connectivity index (χ1) is 66.5. The van der Waals surface area contributed by atoms with Gasteiger partial charge < -0.3 is 19.6 Å². The molecule has 0 fully saturated rings. The van der Waals surface area contributed by atoms with Crippen LogP contribution in [0.2, 0.25) is 0 Å². The van der Waals surface area contributed by atoms with Gasteiger partial charge in [-0.05, 0) is 345 Å². The molecule has 0 spiro atoms. The van der Waals surface area contributed by atoms with Crippen LogP contribution in [0.4, 0.5) is 68.2 Å². The first kappa shape index (κ1) is 92.9. The average molecular weight is 1780 g/mol. The minimum Gasteiger partial charge on any atom is -0.310 e. The fraction of sp³-hybridized carbons (Fsp3) is 0.128. The van der Waals surface area contributed by atoms with Crippen molar-refractivity contribution in [2.45, 2.75) is 116 Å². The minimum absolute atomic E-state index is 0.463. The van der Waals surface area contributed by atoms with Crippen molar-refractivity contribution >= 4 is 117 Å². The normalized spacial score (nSPS) is 11.4. The Morgan fingerprint density at radius 2 is 0.453 bits per heavy atom. The predicted octanol–water partition coefficient (Wildman–Crippen LogP) is 38.0. The molecule has 4 nitrogen and oxygen atoms in total. The SMILES string of the molecule is CCc1cc(C)ccc1N(c1ccc(/C=C/c2cc(C)cc(C)c2)cc1)c1ccc(-c2ccc(-c3ccc(N(c4ccc(/C=C/c5cc(C)ccc5C)cc4)c4ccc(C(C)C)cc4C)cc3)cc2)cc1.Cc1ccc(/C=C/c2ccc(N(c3ccc(-c4ccc(-c5ccc(N(c6ccc(/C=C/c7ccccc7C)cc6)c6ccc(C)cc6C)cc5)cc4)cc3)c3ccc(C)cc3C)cc2)cc1. The van der Waals surface area contributed by atoms with Gasteiger partial charge in [0.05, 0.1) is 0 Å². The van der Waals surface area contributed by atoms with E-state index in [1.807, 2.05) is 0 Å². The van der Waals surface area contributed by atoms with Gasteiger partial charge in [0.2, 0.25) is 0 Å². The van der Waals surface area contributed by atoms with Crippen molar-refractivity contribution < 1.29 is 0 Å². The molecule has 0 aliphatic carbocycles. The molecule has 0 unspecified atom stereocenters. The maximum Gasteiger partial charge on any atom is 0.0493 e. The molecule has 18 aromatic rings. The third kappa shape index (κ3) is 22.6. The summed E-state index contributed by atoms with van der Waals surface area (Å²) in [5.41, 5.74) is 50.6. The van der Waals surface area contributed by atoms with Gasteiger partial charge in [-0.15, -0.1) is 0 Å². The van der Waals surface area contributed by atoms with Crippen LogP contribution in [0.25, 0.3) is 93.1 Å². The highest BCUT2D eigenvalue weighted by atomic mass is 15.2. The molecule has 0 N–H and O–H groups in total. The number of hydrogen-bond acceptors (Lipinski definition) is 4. The van der Waals surface area contributed by atoms with Gasteiger partial charge in [0.25, 0.3) is 0 Å². The molecule has 0 aliphatic heterocycles. The Balaban J connectivity index is 0.000000190. The van der Waals surface area contributed by atoms with Crippen LogP contribution in [-0.2, 0) is 6.42 Å². The summed E-state index contributed by atoms with van der Waals surface area (Å²) in [5, 5.41) is 0. The molecule has 0 heterocycles. The van der Waals surface area contributed by atoms with Gasteiger partial charge in [-0.1, -0.05) is 387 Å². The molecule has 0 amide bonds. The highest BCUT2D eigenvalue weighted by Gasteiger charge is 2.22. The lowest BCUT2D eigenvalue weighted by molar-refractivity contribution is 0.865. The quantitative estimate of drug-likeness (QED) is 0.0501. The van der Waals surface area contributed by atoms with E-state index in [-0.39, 0.29) is 0 Å². The van der Waals surface area contributed by atoms with Crippen LogP contribution in [0.3, 0.4) is 0 Å². The summed E-state index contributed by atoms with van der Waals surface area (Å²) in [6.45, 7) is 32.8. The maximum atomic E-state index is 2.40. The Morgan fingerprint density at radius 1 is 0.190 bits per heavy atom. The van der Waals surface area contributed by atoms with Crippen molar-refractivity contribution in [2.24, 2.45) is 0 Å². The fourth-order valence-electron chi connectivity index (χ4n) is 18.4. The third-order valence-electron chi connectivity index (χ3n) is 26.2. The molecule has 18 aromatic carbocycles. The number of anilines is 12. The van der Waals surface area contributed by atoms with Crippen LogP contribution < -0.4 is 19.6 Å². The van der Waals surface area contributed by atoms with E-state index in [2.05, 4.69) is 572 Å².